The Balaban J connectivity index is 1.41. The first-order valence-corrected chi connectivity index (χ1v) is 10.5. The molecule has 3 unspecified atom stereocenters. The van der Waals surface area contributed by atoms with E-state index in [9.17, 15) is 0 Å². The van der Waals surface area contributed by atoms with Crippen LogP contribution in [0.3, 0.4) is 0 Å². The number of fused-ring (bicyclic) bond motifs is 1. The molecule has 7 heteroatoms. The summed E-state index contributed by atoms with van der Waals surface area (Å²) in [7, 11) is 3.58. The molecule has 1 aliphatic heterocycles. The lowest BCUT2D eigenvalue weighted by molar-refractivity contribution is 0.402. The molecule has 4 rings (SSSR count). The number of hydrogen-bond acceptors (Lipinski definition) is 4. The SMILES string of the molecule is CN=C(NC1CCc2nnc(C(C)C)n2C1)NC1CC1(C)c1ccccc1OC. The van der Waals surface area contributed by atoms with Crippen LogP contribution in [0.25, 0.3) is 0 Å². The molecule has 29 heavy (non-hydrogen) atoms. The van der Waals surface area contributed by atoms with E-state index in [1.165, 1.54) is 5.56 Å². The predicted molar refractivity (Wildman–Crippen MR) is 115 cm³/mol. The van der Waals surface area contributed by atoms with E-state index in [1.54, 1.807) is 7.11 Å². The van der Waals surface area contributed by atoms with E-state index in [4.69, 9.17) is 4.74 Å². The monoisotopic (exact) mass is 396 g/mol. The van der Waals surface area contributed by atoms with Gasteiger partial charge in [0.05, 0.1) is 7.11 Å². The van der Waals surface area contributed by atoms with Crippen molar-refractivity contribution in [1.29, 1.82) is 0 Å². The minimum absolute atomic E-state index is 0.0586. The van der Waals surface area contributed by atoms with Crippen LogP contribution in [-0.2, 0) is 18.4 Å². The fourth-order valence-electron chi connectivity index (χ4n) is 4.41. The highest BCUT2D eigenvalue weighted by atomic mass is 16.5. The Morgan fingerprint density at radius 2 is 2.07 bits per heavy atom. The lowest BCUT2D eigenvalue weighted by atomic mass is 9.96. The fourth-order valence-corrected chi connectivity index (χ4v) is 4.41. The van der Waals surface area contributed by atoms with Crippen molar-refractivity contribution in [3.63, 3.8) is 0 Å². The van der Waals surface area contributed by atoms with Crippen LogP contribution in [-0.4, -0.2) is 47.0 Å². The Kier molecular flexibility index (Phi) is 5.23. The largest absolute Gasteiger partial charge is 0.496 e. The van der Waals surface area contributed by atoms with Gasteiger partial charge in [-0.3, -0.25) is 4.99 Å². The van der Waals surface area contributed by atoms with Gasteiger partial charge in [-0.2, -0.15) is 0 Å². The number of benzene rings is 1. The summed E-state index contributed by atoms with van der Waals surface area (Å²) in [6.07, 6.45) is 3.04. The van der Waals surface area contributed by atoms with Gasteiger partial charge in [-0.15, -0.1) is 10.2 Å². The quantitative estimate of drug-likeness (QED) is 0.600. The van der Waals surface area contributed by atoms with Crippen molar-refractivity contribution >= 4 is 5.96 Å². The van der Waals surface area contributed by atoms with Gasteiger partial charge in [0.1, 0.15) is 17.4 Å². The number of hydrogen-bond donors (Lipinski definition) is 2. The number of guanidine groups is 1. The zero-order valence-electron chi connectivity index (χ0n) is 18.1. The molecule has 1 aliphatic carbocycles. The van der Waals surface area contributed by atoms with Gasteiger partial charge in [-0.1, -0.05) is 39.0 Å². The number of nitrogens with one attached hydrogen (secondary N) is 2. The third kappa shape index (κ3) is 3.70. The zero-order chi connectivity index (χ0) is 20.6. The first-order chi connectivity index (χ1) is 14.0. The normalized spacial score (nSPS) is 26.2. The maximum atomic E-state index is 5.58. The van der Waals surface area contributed by atoms with Gasteiger partial charge in [0, 0.05) is 49.0 Å². The van der Waals surface area contributed by atoms with Gasteiger partial charge >= 0.3 is 0 Å². The summed E-state index contributed by atoms with van der Waals surface area (Å²) in [5.74, 6) is 4.36. The number of aromatic nitrogens is 3. The molecule has 3 atom stereocenters. The maximum absolute atomic E-state index is 5.58. The van der Waals surface area contributed by atoms with Gasteiger partial charge in [0.25, 0.3) is 0 Å². The zero-order valence-corrected chi connectivity index (χ0v) is 18.1. The van der Waals surface area contributed by atoms with Gasteiger partial charge in [-0.05, 0) is 18.9 Å². The average Bonchev–Trinajstić information content (AvgIpc) is 3.19. The molecule has 2 N–H and O–H groups in total. The third-order valence-corrected chi connectivity index (χ3v) is 6.33. The smallest absolute Gasteiger partial charge is 0.191 e. The molecule has 1 aromatic heterocycles. The Morgan fingerprint density at radius 3 is 2.79 bits per heavy atom. The first-order valence-electron chi connectivity index (χ1n) is 10.5. The van der Waals surface area contributed by atoms with Crippen molar-refractivity contribution < 1.29 is 4.74 Å². The summed E-state index contributed by atoms with van der Waals surface area (Å²) in [5, 5.41) is 16.0. The number of ether oxygens (including phenoxy) is 1. The second-order valence-corrected chi connectivity index (χ2v) is 8.71. The van der Waals surface area contributed by atoms with Gasteiger partial charge in [0.2, 0.25) is 0 Å². The van der Waals surface area contributed by atoms with Crippen LogP contribution in [0.15, 0.2) is 29.3 Å². The Bertz CT molecular complexity index is 904. The van der Waals surface area contributed by atoms with Crippen LogP contribution >= 0.6 is 0 Å². The van der Waals surface area contributed by atoms with Crippen molar-refractivity contribution in [3.05, 3.63) is 41.5 Å². The van der Waals surface area contributed by atoms with Crippen LogP contribution in [0, 0.1) is 0 Å². The highest BCUT2D eigenvalue weighted by Crippen LogP contribution is 2.50. The van der Waals surface area contributed by atoms with Crippen LogP contribution in [0.5, 0.6) is 5.75 Å². The van der Waals surface area contributed by atoms with E-state index < -0.39 is 0 Å². The fraction of sp³-hybridized carbons (Fsp3) is 0.591. The standard InChI is InChI=1S/C22H32N6O/c1-14(2)20-27-26-19-11-10-15(13-28(19)20)24-21(23-4)25-18-12-22(18,3)16-8-6-7-9-17(16)29-5/h6-9,14-15,18H,10-13H2,1-5H3,(H2,23,24,25). The number of para-hydroxylation sites is 1. The Morgan fingerprint density at radius 1 is 1.28 bits per heavy atom. The van der Waals surface area contributed by atoms with E-state index in [2.05, 4.69) is 63.3 Å². The van der Waals surface area contributed by atoms with Crippen molar-refractivity contribution in [2.24, 2.45) is 4.99 Å². The van der Waals surface area contributed by atoms with Crippen LogP contribution in [0.4, 0.5) is 0 Å². The molecule has 2 aliphatic rings. The first kappa shape index (κ1) is 19.7. The molecular weight excluding hydrogens is 364 g/mol. The van der Waals surface area contributed by atoms with Crippen LogP contribution < -0.4 is 15.4 Å². The van der Waals surface area contributed by atoms with E-state index in [1.807, 2.05) is 19.2 Å². The van der Waals surface area contributed by atoms with E-state index >= 15 is 0 Å². The predicted octanol–water partition coefficient (Wildman–Crippen LogP) is 2.62. The Labute approximate surface area is 173 Å². The number of aliphatic imine (C=N–C) groups is 1. The summed E-state index contributed by atoms with van der Waals surface area (Å²) in [5.41, 5.74) is 1.31. The van der Waals surface area contributed by atoms with E-state index in [0.717, 1.165) is 49.2 Å². The molecule has 0 saturated heterocycles. The van der Waals surface area contributed by atoms with Crippen molar-refractivity contribution in [3.8, 4) is 5.75 Å². The minimum atomic E-state index is 0.0586. The van der Waals surface area contributed by atoms with Crippen LogP contribution in [0.2, 0.25) is 0 Å². The summed E-state index contributed by atoms with van der Waals surface area (Å²) >= 11 is 0. The molecule has 0 radical (unpaired) electrons. The summed E-state index contributed by atoms with van der Waals surface area (Å²) < 4.78 is 7.85. The maximum Gasteiger partial charge on any atom is 0.191 e. The molecule has 0 spiro atoms. The van der Waals surface area contributed by atoms with Crippen molar-refractivity contribution in [2.75, 3.05) is 14.2 Å². The molecule has 1 saturated carbocycles. The molecule has 156 valence electrons. The highest BCUT2D eigenvalue weighted by Gasteiger charge is 2.53. The molecule has 1 aromatic carbocycles. The molecule has 2 heterocycles. The van der Waals surface area contributed by atoms with E-state index in [0.29, 0.717) is 18.0 Å². The summed E-state index contributed by atoms with van der Waals surface area (Å²) in [6.45, 7) is 7.50. The average molecular weight is 397 g/mol. The number of methoxy groups -OCH3 is 1. The highest BCUT2D eigenvalue weighted by molar-refractivity contribution is 5.81. The van der Waals surface area contributed by atoms with Crippen molar-refractivity contribution in [1.82, 2.24) is 25.4 Å². The van der Waals surface area contributed by atoms with Crippen molar-refractivity contribution in [2.45, 2.75) is 70.0 Å². The van der Waals surface area contributed by atoms with Crippen LogP contribution in [0.1, 0.15) is 56.7 Å². The summed E-state index contributed by atoms with van der Waals surface area (Å²) in [6, 6.07) is 8.96. The number of aryl methyl sites for hydroxylation is 1. The molecule has 0 bridgehead atoms. The summed E-state index contributed by atoms with van der Waals surface area (Å²) in [4.78, 5) is 4.49. The Hall–Kier alpha value is -2.57. The number of nitrogens with zero attached hydrogens (tertiary/aromatic N) is 4. The lowest BCUT2D eigenvalue weighted by Gasteiger charge is -2.27. The molecule has 1 fully saturated rings. The van der Waals surface area contributed by atoms with E-state index in [-0.39, 0.29) is 5.41 Å². The topological polar surface area (TPSA) is 76.4 Å². The molecule has 2 aromatic rings. The second kappa shape index (κ2) is 7.69. The van der Waals surface area contributed by atoms with Gasteiger partial charge in [-0.25, -0.2) is 0 Å². The second-order valence-electron chi connectivity index (χ2n) is 8.71. The van der Waals surface area contributed by atoms with Gasteiger partial charge in [0.15, 0.2) is 5.96 Å². The molecule has 0 amide bonds. The lowest BCUT2D eigenvalue weighted by Crippen LogP contribution is -2.48. The minimum Gasteiger partial charge on any atom is -0.496 e. The molecular formula is C22H32N6O. The number of rotatable bonds is 5. The van der Waals surface area contributed by atoms with Gasteiger partial charge < -0.3 is 19.9 Å². The molecule has 7 nitrogen and oxygen atoms in total. The third-order valence-electron chi connectivity index (χ3n) is 6.33.